The van der Waals surface area contributed by atoms with Crippen molar-refractivity contribution < 1.29 is 4.92 Å². The third-order valence-corrected chi connectivity index (χ3v) is 4.10. The Morgan fingerprint density at radius 1 is 1.33 bits per heavy atom. The molecule has 0 aromatic heterocycles. The average molecular weight is 244 g/mol. The third-order valence-electron chi connectivity index (χ3n) is 1.63. The van der Waals surface area contributed by atoms with Crippen LogP contribution in [0.2, 0.25) is 0 Å². The van der Waals surface area contributed by atoms with Gasteiger partial charge in [0, 0.05) is 22.8 Å². The molecule has 82 valence electrons. The van der Waals surface area contributed by atoms with E-state index in [4.69, 9.17) is 5.73 Å². The Hall–Kier alpha value is -0.720. The Bertz CT molecular complexity index is 316. The number of nitrogens with zero attached hydrogens (tertiary/aromatic N) is 1. The summed E-state index contributed by atoms with van der Waals surface area (Å²) in [4.78, 5) is 11.0. The number of hydrogen-bond acceptors (Lipinski definition) is 5. The highest BCUT2D eigenvalue weighted by atomic mass is 33.1. The van der Waals surface area contributed by atoms with Crippen molar-refractivity contribution in [2.45, 2.75) is 11.3 Å². The number of nitro groups is 1. The first-order chi connectivity index (χ1) is 7.24. The second-order valence-corrected chi connectivity index (χ2v) is 5.29. The maximum Gasteiger partial charge on any atom is 0.269 e. The van der Waals surface area contributed by atoms with Crippen LogP contribution in [0.1, 0.15) is 6.42 Å². The lowest BCUT2D eigenvalue weighted by Crippen LogP contribution is -1.98. The molecule has 0 aliphatic rings. The van der Waals surface area contributed by atoms with Gasteiger partial charge in [-0.2, -0.15) is 0 Å². The summed E-state index contributed by atoms with van der Waals surface area (Å²) in [5, 5.41) is 10.4. The van der Waals surface area contributed by atoms with Crippen LogP contribution in [0.15, 0.2) is 29.2 Å². The molecule has 2 N–H and O–H groups in total. The SMILES string of the molecule is NCCCSSc1ccc([N+](=O)[O-])cc1. The molecule has 0 aliphatic carbocycles. The van der Waals surface area contributed by atoms with E-state index in [1.54, 1.807) is 33.7 Å². The number of non-ortho nitro benzene ring substituents is 1. The number of rotatable bonds is 6. The standard InChI is InChI=1S/C9H12N2O2S2/c10-6-1-7-14-15-9-4-2-8(3-5-9)11(12)13/h2-5H,1,6-7,10H2. The van der Waals surface area contributed by atoms with E-state index in [2.05, 4.69) is 0 Å². The lowest BCUT2D eigenvalue weighted by Gasteiger charge is -1.99. The second kappa shape index (κ2) is 6.71. The van der Waals surface area contributed by atoms with Crippen molar-refractivity contribution in [2.24, 2.45) is 5.73 Å². The lowest BCUT2D eigenvalue weighted by molar-refractivity contribution is -0.384. The van der Waals surface area contributed by atoms with Gasteiger partial charge in [0.25, 0.3) is 5.69 Å². The fraction of sp³-hybridized carbons (Fsp3) is 0.333. The molecule has 0 radical (unpaired) electrons. The molecule has 1 aromatic rings. The normalized spacial score (nSPS) is 10.2. The van der Waals surface area contributed by atoms with E-state index in [0.717, 1.165) is 17.1 Å². The van der Waals surface area contributed by atoms with Crippen LogP contribution in [0.3, 0.4) is 0 Å². The molecule has 6 heteroatoms. The van der Waals surface area contributed by atoms with Crippen LogP contribution >= 0.6 is 21.6 Å². The summed E-state index contributed by atoms with van der Waals surface area (Å²) in [5.74, 6) is 0.998. The van der Waals surface area contributed by atoms with Crippen molar-refractivity contribution in [1.29, 1.82) is 0 Å². The van der Waals surface area contributed by atoms with Gasteiger partial charge in [-0.05, 0) is 25.1 Å². The highest BCUT2D eigenvalue weighted by Gasteiger charge is 2.03. The van der Waals surface area contributed by atoms with Gasteiger partial charge >= 0.3 is 0 Å². The molecule has 0 saturated heterocycles. The first-order valence-corrected chi connectivity index (χ1v) is 6.80. The van der Waals surface area contributed by atoms with E-state index < -0.39 is 4.92 Å². The van der Waals surface area contributed by atoms with Crippen LogP contribution in [0, 0.1) is 10.1 Å². The first-order valence-electron chi connectivity index (χ1n) is 4.48. The maximum absolute atomic E-state index is 10.4. The molecule has 1 rings (SSSR count). The van der Waals surface area contributed by atoms with Gasteiger partial charge in [-0.1, -0.05) is 21.6 Å². The van der Waals surface area contributed by atoms with Crippen molar-refractivity contribution in [3.05, 3.63) is 34.4 Å². The summed E-state index contributed by atoms with van der Waals surface area (Å²) in [7, 11) is 3.33. The van der Waals surface area contributed by atoms with Crippen LogP contribution in [0.4, 0.5) is 5.69 Å². The highest BCUT2D eigenvalue weighted by molar-refractivity contribution is 8.76. The smallest absolute Gasteiger partial charge is 0.269 e. The Morgan fingerprint density at radius 2 is 2.00 bits per heavy atom. The summed E-state index contributed by atoms with van der Waals surface area (Å²) in [6, 6.07) is 6.56. The summed E-state index contributed by atoms with van der Waals surface area (Å²) >= 11 is 0. The van der Waals surface area contributed by atoms with Crippen LogP contribution in [0.25, 0.3) is 0 Å². The van der Waals surface area contributed by atoms with Crippen LogP contribution in [0.5, 0.6) is 0 Å². The van der Waals surface area contributed by atoms with Crippen molar-refractivity contribution in [3.8, 4) is 0 Å². The molecule has 0 aliphatic heterocycles. The fourth-order valence-corrected chi connectivity index (χ4v) is 2.97. The molecule has 0 atom stereocenters. The minimum absolute atomic E-state index is 0.131. The number of benzene rings is 1. The minimum Gasteiger partial charge on any atom is -0.330 e. The molecule has 0 fully saturated rings. The third kappa shape index (κ3) is 4.55. The van der Waals surface area contributed by atoms with Gasteiger partial charge in [0.05, 0.1) is 4.92 Å². The van der Waals surface area contributed by atoms with Crippen molar-refractivity contribution in [1.82, 2.24) is 0 Å². The lowest BCUT2D eigenvalue weighted by atomic mass is 10.3. The Labute approximate surface area is 96.2 Å². The summed E-state index contributed by atoms with van der Waals surface area (Å²) in [6.45, 7) is 0.702. The van der Waals surface area contributed by atoms with Crippen LogP contribution in [-0.4, -0.2) is 17.2 Å². The molecule has 0 bridgehead atoms. The van der Waals surface area contributed by atoms with Gasteiger partial charge in [-0.25, -0.2) is 0 Å². The molecular weight excluding hydrogens is 232 g/mol. The number of hydrogen-bond donors (Lipinski definition) is 1. The number of nitrogens with two attached hydrogens (primary N) is 1. The van der Waals surface area contributed by atoms with Gasteiger partial charge in [-0.15, -0.1) is 0 Å². The zero-order valence-corrected chi connectivity index (χ0v) is 9.72. The predicted molar refractivity (Wildman–Crippen MR) is 65.1 cm³/mol. The van der Waals surface area contributed by atoms with Crippen LogP contribution in [-0.2, 0) is 0 Å². The van der Waals surface area contributed by atoms with E-state index in [1.165, 1.54) is 12.1 Å². The summed E-state index contributed by atoms with van der Waals surface area (Å²) in [5.41, 5.74) is 5.49. The van der Waals surface area contributed by atoms with Gasteiger partial charge in [0.1, 0.15) is 0 Å². The van der Waals surface area contributed by atoms with E-state index >= 15 is 0 Å². The Balaban J connectivity index is 2.39. The maximum atomic E-state index is 10.4. The van der Waals surface area contributed by atoms with E-state index in [0.29, 0.717) is 6.54 Å². The van der Waals surface area contributed by atoms with E-state index in [-0.39, 0.29) is 5.69 Å². The zero-order chi connectivity index (χ0) is 11.1. The molecule has 0 saturated carbocycles. The second-order valence-electron chi connectivity index (χ2n) is 2.80. The predicted octanol–water partition coefficient (Wildman–Crippen LogP) is 2.68. The Kier molecular flexibility index (Phi) is 5.52. The van der Waals surface area contributed by atoms with Gasteiger partial charge in [0.2, 0.25) is 0 Å². The molecule has 0 amide bonds. The summed E-state index contributed by atoms with van der Waals surface area (Å²) < 4.78 is 0. The highest BCUT2D eigenvalue weighted by Crippen LogP contribution is 2.32. The van der Waals surface area contributed by atoms with Crippen molar-refractivity contribution in [3.63, 3.8) is 0 Å². The van der Waals surface area contributed by atoms with Crippen molar-refractivity contribution in [2.75, 3.05) is 12.3 Å². The molecule has 0 spiro atoms. The molecule has 0 unspecified atom stereocenters. The van der Waals surface area contributed by atoms with Gasteiger partial charge in [-0.3, -0.25) is 10.1 Å². The van der Waals surface area contributed by atoms with E-state index in [1.807, 2.05) is 0 Å². The summed E-state index contributed by atoms with van der Waals surface area (Å²) in [6.07, 6.45) is 0.991. The molecule has 0 heterocycles. The van der Waals surface area contributed by atoms with Crippen molar-refractivity contribution >= 4 is 27.3 Å². The molecule has 15 heavy (non-hydrogen) atoms. The zero-order valence-electron chi connectivity index (χ0n) is 8.09. The molecular formula is C9H12N2O2S2. The molecule has 1 aromatic carbocycles. The number of nitro benzene ring substituents is 1. The topological polar surface area (TPSA) is 69.2 Å². The monoisotopic (exact) mass is 244 g/mol. The fourth-order valence-electron chi connectivity index (χ4n) is 0.875. The van der Waals surface area contributed by atoms with E-state index in [9.17, 15) is 10.1 Å². The quantitative estimate of drug-likeness (QED) is 0.360. The largest absolute Gasteiger partial charge is 0.330 e. The molecule has 4 nitrogen and oxygen atoms in total. The Morgan fingerprint density at radius 3 is 2.53 bits per heavy atom. The first kappa shape index (κ1) is 12.4. The van der Waals surface area contributed by atoms with Gasteiger partial charge in [0.15, 0.2) is 0 Å². The minimum atomic E-state index is -0.393. The van der Waals surface area contributed by atoms with Crippen LogP contribution < -0.4 is 5.73 Å². The van der Waals surface area contributed by atoms with Gasteiger partial charge < -0.3 is 5.73 Å². The average Bonchev–Trinajstić information content (AvgIpc) is 2.25.